The van der Waals surface area contributed by atoms with E-state index in [1.165, 1.54) is 18.2 Å². The van der Waals surface area contributed by atoms with Crippen molar-refractivity contribution in [1.82, 2.24) is 4.90 Å². The van der Waals surface area contributed by atoms with Gasteiger partial charge in [0.2, 0.25) is 5.91 Å². The molecule has 9 heteroatoms. The molecule has 2 rings (SSSR count). The largest absolute Gasteiger partial charge is 0.465 e. The first-order valence-corrected chi connectivity index (χ1v) is 7.05. The van der Waals surface area contributed by atoms with Crippen LogP contribution in [0.5, 0.6) is 0 Å². The summed E-state index contributed by atoms with van der Waals surface area (Å²) in [4.78, 5) is 23.5. The van der Waals surface area contributed by atoms with E-state index in [1.807, 2.05) is 0 Å². The van der Waals surface area contributed by atoms with Crippen LogP contribution in [0.2, 0.25) is 10.0 Å². The van der Waals surface area contributed by atoms with Gasteiger partial charge in [0.25, 0.3) is 5.92 Å². The average Bonchev–Trinajstić information content (AvgIpc) is 2.41. The van der Waals surface area contributed by atoms with Crippen LogP contribution in [0.1, 0.15) is 6.42 Å². The zero-order valence-electron chi connectivity index (χ0n) is 11.2. The third-order valence-electron chi connectivity index (χ3n) is 3.24. The molecule has 2 amide bonds. The first-order chi connectivity index (χ1) is 10.2. The number of carbonyl (C=O) groups excluding carboxylic acids is 1. The van der Waals surface area contributed by atoms with Crippen LogP contribution < -0.4 is 5.32 Å². The maximum Gasteiger partial charge on any atom is 0.407 e. The number of nitrogens with zero attached hydrogens (tertiary/aromatic N) is 1. The fourth-order valence-corrected chi connectivity index (χ4v) is 2.54. The number of carboxylic acid groups (broad SMARTS) is 1. The molecule has 5 nitrogen and oxygen atoms in total. The molecule has 1 fully saturated rings. The molecule has 120 valence electrons. The number of carbonyl (C=O) groups is 2. The van der Waals surface area contributed by atoms with Gasteiger partial charge in [0.1, 0.15) is 0 Å². The predicted molar refractivity (Wildman–Crippen MR) is 77.7 cm³/mol. The number of hydrogen-bond donors (Lipinski definition) is 2. The molecule has 1 aromatic carbocycles. The Morgan fingerprint density at radius 3 is 2.59 bits per heavy atom. The number of alkyl halides is 2. The molecule has 1 unspecified atom stereocenters. The van der Waals surface area contributed by atoms with Crippen molar-refractivity contribution in [2.75, 3.05) is 18.4 Å². The number of likely N-dealkylation sites (tertiary alicyclic amines) is 1. The molecular formula is C13H12Cl2F2N2O3. The Hall–Kier alpha value is -1.60. The maximum absolute atomic E-state index is 13.6. The van der Waals surface area contributed by atoms with Crippen molar-refractivity contribution >= 4 is 40.9 Å². The Labute approximate surface area is 134 Å². The molecule has 1 atom stereocenters. The third kappa shape index (κ3) is 3.98. The summed E-state index contributed by atoms with van der Waals surface area (Å²) >= 11 is 11.5. The van der Waals surface area contributed by atoms with Crippen LogP contribution >= 0.6 is 23.2 Å². The lowest BCUT2D eigenvalue weighted by molar-refractivity contribution is -0.130. The van der Waals surface area contributed by atoms with Crippen LogP contribution in [-0.2, 0) is 4.79 Å². The molecular weight excluding hydrogens is 341 g/mol. The van der Waals surface area contributed by atoms with Gasteiger partial charge in [-0.3, -0.25) is 4.79 Å². The highest BCUT2D eigenvalue weighted by molar-refractivity contribution is 6.42. The number of piperidine rings is 1. The van der Waals surface area contributed by atoms with Crippen LogP contribution in [0, 0.1) is 5.92 Å². The van der Waals surface area contributed by atoms with Gasteiger partial charge in [-0.25, -0.2) is 13.6 Å². The minimum atomic E-state index is -3.24. The van der Waals surface area contributed by atoms with Crippen molar-refractivity contribution in [3.05, 3.63) is 28.2 Å². The molecule has 1 saturated heterocycles. The van der Waals surface area contributed by atoms with Gasteiger partial charge in [0.15, 0.2) is 0 Å². The lowest BCUT2D eigenvalue weighted by Crippen LogP contribution is -2.51. The van der Waals surface area contributed by atoms with Crippen LogP contribution in [0.25, 0.3) is 0 Å². The van der Waals surface area contributed by atoms with Crippen molar-refractivity contribution in [3.8, 4) is 0 Å². The second-order valence-electron chi connectivity index (χ2n) is 5.04. The molecule has 0 radical (unpaired) electrons. The molecule has 1 aromatic rings. The Morgan fingerprint density at radius 1 is 1.32 bits per heavy atom. The lowest BCUT2D eigenvalue weighted by Gasteiger charge is -2.35. The fraction of sp³-hybridized carbons (Fsp3) is 0.385. The molecule has 1 aliphatic rings. The van der Waals surface area contributed by atoms with E-state index in [0.717, 1.165) is 0 Å². The summed E-state index contributed by atoms with van der Waals surface area (Å²) in [6.07, 6.45) is -2.18. The SMILES string of the molecule is O=C(Nc1ccc(Cl)c(Cl)c1)C1CN(C(=O)O)CC(F)(F)C1. The van der Waals surface area contributed by atoms with Gasteiger partial charge >= 0.3 is 6.09 Å². The van der Waals surface area contributed by atoms with Crippen molar-refractivity contribution in [1.29, 1.82) is 0 Å². The molecule has 1 aliphatic heterocycles. The molecule has 0 aliphatic carbocycles. The van der Waals surface area contributed by atoms with E-state index in [0.29, 0.717) is 15.6 Å². The van der Waals surface area contributed by atoms with Crippen LogP contribution in [0.3, 0.4) is 0 Å². The Kier molecular flexibility index (Phi) is 4.77. The van der Waals surface area contributed by atoms with E-state index >= 15 is 0 Å². The summed E-state index contributed by atoms with van der Waals surface area (Å²) in [5.74, 6) is -5.07. The van der Waals surface area contributed by atoms with E-state index in [1.54, 1.807) is 0 Å². The van der Waals surface area contributed by atoms with Crippen LogP contribution in [0.4, 0.5) is 19.3 Å². The minimum absolute atomic E-state index is 0.209. The van der Waals surface area contributed by atoms with Gasteiger partial charge < -0.3 is 15.3 Å². The standard InChI is InChI=1S/C13H12Cl2F2N2O3/c14-9-2-1-8(3-10(9)15)18-11(20)7-4-13(16,17)6-19(5-7)12(21)22/h1-3,7H,4-6H2,(H,18,20)(H,21,22). The quantitative estimate of drug-likeness (QED) is 0.854. The number of benzene rings is 1. The van der Waals surface area contributed by atoms with Gasteiger partial charge in [0.05, 0.1) is 22.5 Å². The molecule has 0 saturated carbocycles. The van der Waals surface area contributed by atoms with Gasteiger partial charge in [-0.05, 0) is 18.2 Å². The first-order valence-electron chi connectivity index (χ1n) is 6.29. The van der Waals surface area contributed by atoms with Crippen LogP contribution in [-0.4, -0.2) is 41.0 Å². The minimum Gasteiger partial charge on any atom is -0.465 e. The number of rotatable bonds is 2. The van der Waals surface area contributed by atoms with Crippen molar-refractivity contribution < 1.29 is 23.5 Å². The van der Waals surface area contributed by atoms with Gasteiger partial charge in [-0.15, -0.1) is 0 Å². The first kappa shape index (κ1) is 16.8. The zero-order chi connectivity index (χ0) is 16.5. The van der Waals surface area contributed by atoms with E-state index in [4.69, 9.17) is 28.3 Å². The normalized spacial score (nSPS) is 20.5. The smallest absolute Gasteiger partial charge is 0.407 e. The average molecular weight is 353 g/mol. The Morgan fingerprint density at radius 2 is 2.00 bits per heavy atom. The number of hydrogen-bond acceptors (Lipinski definition) is 2. The highest BCUT2D eigenvalue weighted by Crippen LogP contribution is 2.32. The Bertz CT molecular complexity index is 613. The highest BCUT2D eigenvalue weighted by Gasteiger charge is 2.44. The van der Waals surface area contributed by atoms with Gasteiger partial charge in [-0.1, -0.05) is 23.2 Å². The Balaban J connectivity index is 2.10. The summed E-state index contributed by atoms with van der Waals surface area (Å²) in [5, 5.41) is 11.8. The highest BCUT2D eigenvalue weighted by atomic mass is 35.5. The molecule has 0 spiro atoms. The van der Waals surface area contributed by atoms with E-state index in [2.05, 4.69) is 5.32 Å². The number of anilines is 1. The maximum atomic E-state index is 13.6. The lowest BCUT2D eigenvalue weighted by atomic mass is 9.94. The second kappa shape index (κ2) is 6.26. The second-order valence-corrected chi connectivity index (χ2v) is 5.85. The van der Waals surface area contributed by atoms with E-state index in [-0.39, 0.29) is 11.6 Å². The van der Waals surface area contributed by atoms with Gasteiger partial charge in [0, 0.05) is 18.7 Å². The van der Waals surface area contributed by atoms with E-state index < -0.39 is 36.8 Å². The molecule has 0 aromatic heterocycles. The zero-order valence-corrected chi connectivity index (χ0v) is 12.7. The number of halogens is 4. The van der Waals surface area contributed by atoms with Crippen LogP contribution in [0.15, 0.2) is 18.2 Å². The number of amides is 2. The van der Waals surface area contributed by atoms with Crippen molar-refractivity contribution in [2.45, 2.75) is 12.3 Å². The summed E-state index contributed by atoms with van der Waals surface area (Å²) < 4.78 is 27.1. The fourth-order valence-electron chi connectivity index (χ4n) is 2.24. The predicted octanol–water partition coefficient (Wildman–Crippen LogP) is 3.57. The molecule has 22 heavy (non-hydrogen) atoms. The van der Waals surface area contributed by atoms with Crippen molar-refractivity contribution in [2.24, 2.45) is 5.92 Å². The molecule has 2 N–H and O–H groups in total. The van der Waals surface area contributed by atoms with Crippen molar-refractivity contribution in [3.63, 3.8) is 0 Å². The monoisotopic (exact) mass is 352 g/mol. The summed E-state index contributed by atoms with van der Waals surface area (Å²) in [7, 11) is 0. The van der Waals surface area contributed by atoms with E-state index in [9.17, 15) is 18.4 Å². The summed E-state index contributed by atoms with van der Waals surface area (Å²) in [5.41, 5.74) is 0.301. The number of nitrogens with one attached hydrogen (secondary N) is 1. The summed E-state index contributed by atoms with van der Waals surface area (Å²) in [6, 6.07) is 4.32. The third-order valence-corrected chi connectivity index (χ3v) is 3.98. The van der Waals surface area contributed by atoms with Gasteiger partial charge in [-0.2, -0.15) is 0 Å². The summed E-state index contributed by atoms with van der Waals surface area (Å²) in [6.45, 7) is -1.18. The topological polar surface area (TPSA) is 69.6 Å². The molecule has 1 heterocycles. The molecule has 0 bridgehead atoms.